The van der Waals surface area contributed by atoms with E-state index in [0.717, 1.165) is 24.0 Å². The standard InChI is InChI=1S/C12H18BrNO/c1-14-8-11(9-15-2)6-10-4-3-5-12(13)7-10/h3-5,7,11,14H,6,8-9H2,1-2H3. The average molecular weight is 272 g/mol. The van der Waals surface area contributed by atoms with Crippen LogP contribution in [0.5, 0.6) is 0 Å². The first-order chi connectivity index (χ1) is 7.26. The molecule has 0 heterocycles. The van der Waals surface area contributed by atoms with Crippen LogP contribution in [0.15, 0.2) is 28.7 Å². The fourth-order valence-electron chi connectivity index (χ4n) is 1.71. The van der Waals surface area contributed by atoms with Crippen molar-refractivity contribution >= 4 is 15.9 Å². The van der Waals surface area contributed by atoms with Crippen LogP contribution in [-0.4, -0.2) is 27.3 Å². The van der Waals surface area contributed by atoms with Gasteiger partial charge in [0.25, 0.3) is 0 Å². The van der Waals surface area contributed by atoms with Crippen molar-refractivity contribution in [3.63, 3.8) is 0 Å². The number of hydrogen-bond donors (Lipinski definition) is 1. The van der Waals surface area contributed by atoms with Gasteiger partial charge in [-0.1, -0.05) is 28.1 Å². The van der Waals surface area contributed by atoms with Crippen molar-refractivity contribution in [2.75, 3.05) is 27.3 Å². The average Bonchev–Trinajstić information content (AvgIpc) is 2.18. The molecular weight excluding hydrogens is 254 g/mol. The van der Waals surface area contributed by atoms with Crippen LogP contribution in [0.4, 0.5) is 0 Å². The zero-order chi connectivity index (χ0) is 11.1. The summed E-state index contributed by atoms with van der Waals surface area (Å²) in [6.45, 7) is 1.79. The molecule has 84 valence electrons. The summed E-state index contributed by atoms with van der Waals surface area (Å²) in [4.78, 5) is 0. The molecule has 0 aliphatic heterocycles. The second kappa shape index (κ2) is 6.99. The van der Waals surface area contributed by atoms with Crippen molar-refractivity contribution in [3.8, 4) is 0 Å². The highest BCUT2D eigenvalue weighted by Crippen LogP contribution is 2.15. The number of benzene rings is 1. The van der Waals surface area contributed by atoms with Crippen LogP contribution < -0.4 is 5.32 Å². The van der Waals surface area contributed by atoms with E-state index in [4.69, 9.17) is 4.74 Å². The molecule has 0 aliphatic carbocycles. The Morgan fingerprint density at radius 2 is 2.27 bits per heavy atom. The zero-order valence-corrected chi connectivity index (χ0v) is 10.9. The molecule has 1 N–H and O–H groups in total. The third-order valence-electron chi connectivity index (χ3n) is 2.31. The third-order valence-corrected chi connectivity index (χ3v) is 2.80. The summed E-state index contributed by atoms with van der Waals surface area (Å²) in [7, 11) is 3.73. The summed E-state index contributed by atoms with van der Waals surface area (Å²) < 4.78 is 6.35. The van der Waals surface area contributed by atoms with E-state index in [-0.39, 0.29) is 0 Å². The Morgan fingerprint density at radius 3 is 2.87 bits per heavy atom. The number of ether oxygens (including phenoxy) is 1. The van der Waals surface area contributed by atoms with Gasteiger partial charge in [0.05, 0.1) is 6.61 Å². The maximum Gasteiger partial charge on any atom is 0.0505 e. The highest BCUT2D eigenvalue weighted by Gasteiger charge is 2.08. The van der Waals surface area contributed by atoms with Crippen molar-refractivity contribution in [1.82, 2.24) is 5.32 Å². The largest absolute Gasteiger partial charge is 0.384 e. The molecule has 0 spiro atoms. The SMILES string of the molecule is CNCC(COC)Cc1cccc(Br)c1. The Bertz CT molecular complexity index is 285. The van der Waals surface area contributed by atoms with Crippen LogP contribution in [0.25, 0.3) is 0 Å². The Hall–Kier alpha value is -0.380. The van der Waals surface area contributed by atoms with E-state index in [1.807, 2.05) is 13.1 Å². The monoisotopic (exact) mass is 271 g/mol. The van der Waals surface area contributed by atoms with E-state index in [2.05, 4.69) is 39.4 Å². The van der Waals surface area contributed by atoms with Gasteiger partial charge in [-0.25, -0.2) is 0 Å². The van der Waals surface area contributed by atoms with E-state index >= 15 is 0 Å². The molecule has 1 rings (SSSR count). The summed E-state index contributed by atoms with van der Waals surface area (Å²) in [6.07, 6.45) is 1.05. The number of halogens is 1. The van der Waals surface area contributed by atoms with Gasteiger partial charge in [-0.15, -0.1) is 0 Å². The quantitative estimate of drug-likeness (QED) is 0.859. The van der Waals surface area contributed by atoms with Crippen LogP contribution in [-0.2, 0) is 11.2 Å². The first-order valence-corrected chi connectivity index (χ1v) is 5.93. The van der Waals surface area contributed by atoms with E-state index in [9.17, 15) is 0 Å². The maximum absolute atomic E-state index is 5.21. The lowest BCUT2D eigenvalue weighted by molar-refractivity contribution is 0.152. The van der Waals surface area contributed by atoms with E-state index < -0.39 is 0 Å². The van der Waals surface area contributed by atoms with E-state index in [0.29, 0.717) is 5.92 Å². The molecular formula is C12H18BrNO. The molecule has 0 saturated carbocycles. The van der Waals surface area contributed by atoms with Crippen molar-refractivity contribution in [3.05, 3.63) is 34.3 Å². The molecule has 2 nitrogen and oxygen atoms in total. The predicted octanol–water partition coefficient (Wildman–Crippen LogP) is 2.47. The number of rotatable bonds is 6. The normalized spacial score (nSPS) is 12.7. The molecule has 3 heteroatoms. The Morgan fingerprint density at radius 1 is 1.47 bits per heavy atom. The van der Waals surface area contributed by atoms with Crippen LogP contribution in [0.3, 0.4) is 0 Å². The molecule has 1 aromatic carbocycles. The lowest BCUT2D eigenvalue weighted by Gasteiger charge is -2.15. The van der Waals surface area contributed by atoms with Crippen molar-refractivity contribution < 1.29 is 4.74 Å². The van der Waals surface area contributed by atoms with Crippen molar-refractivity contribution in [1.29, 1.82) is 0 Å². The summed E-state index contributed by atoms with van der Waals surface area (Å²) in [5.41, 5.74) is 1.35. The minimum absolute atomic E-state index is 0.536. The lowest BCUT2D eigenvalue weighted by Crippen LogP contribution is -2.24. The molecule has 0 bridgehead atoms. The number of nitrogens with one attached hydrogen (secondary N) is 1. The molecule has 0 amide bonds. The molecule has 1 unspecified atom stereocenters. The highest BCUT2D eigenvalue weighted by molar-refractivity contribution is 9.10. The first kappa shape index (κ1) is 12.7. The summed E-state index contributed by atoms with van der Waals surface area (Å²) in [6, 6.07) is 8.44. The van der Waals surface area contributed by atoms with E-state index in [1.165, 1.54) is 5.56 Å². The Kier molecular flexibility index (Phi) is 5.91. The van der Waals surface area contributed by atoms with Gasteiger partial charge in [0, 0.05) is 18.1 Å². The van der Waals surface area contributed by atoms with Crippen LogP contribution in [0.2, 0.25) is 0 Å². The Labute approximate surface area is 100 Å². The zero-order valence-electron chi connectivity index (χ0n) is 9.29. The second-order valence-electron chi connectivity index (χ2n) is 3.71. The van der Waals surface area contributed by atoms with Crippen LogP contribution in [0, 0.1) is 5.92 Å². The van der Waals surface area contributed by atoms with Gasteiger partial charge < -0.3 is 10.1 Å². The second-order valence-corrected chi connectivity index (χ2v) is 4.63. The maximum atomic E-state index is 5.21. The topological polar surface area (TPSA) is 21.3 Å². The molecule has 1 atom stereocenters. The van der Waals surface area contributed by atoms with Crippen molar-refractivity contribution in [2.45, 2.75) is 6.42 Å². The van der Waals surface area contributed by atoms with Gasteiger partial charge in [0.2, 0.25) is 0 Å². The third kappa shape index (κ3) is 4.78. The van der Waals surface area contributed by atoms with Crippen molar-refractivity contribution in [2.24, 2.45) is 5.92 Å². The summed E-state index contributed by atoms with van der Waals surface area (Å²) >= 11 is 3.48. The smallest absolute Gasteiger partial charge is 0.0505 e. The molecule has 0 fully saturated rings. The molecule has 0 aliphatic rings. The number of methoxy groups -OCH3 is 1. The van der Waals surface area contributed by atoms with Crippen LogP contribution >= 0.6 is 15.9 Å². The van der Waals surface area contributed by atoms with Gasteiger partial charge in [-0.2, -0.15) is 0 Å². The van der Waals surface area contributed by atoms with Gasteiger partial charge in [-0.05, 0) is 37.1 Å². The molecule has 0 aromatic heterocycles. The Balaban J connectivity index is 2.56. The summed E-state index contributed by atoms with van der Waals surface area (Å²) in [5, 5.41) is 3.20. The molecule has 1 aromatic rings. The highest BCUT2D eigenvalue weighted by atomic mass is 79.9. The molecule has 0 radical (unpaired) electrons. The van der Waals surface area contributed by atoms with Gasteiger partial charge >= 0.3 is 0 Å². The van der Waals surface area contributed by atoms with E-state index in [1.54, 1.807) is 7.11 Å². The van der Waals surface area contributed by atoms with Gasteiger partial charge in [0.15, 0.2) is 0 Å². The molecule has 0 saturated heterocycles. The minimum Gasteiger partial charge on any atom is -0.384 e. The van der Waals surface area contributed by atoms with Crippen LogP contribution in [0.1, 0.15) is 5.56 Å². The summed E-state index contributed by atoms with van der Waals surface area (Å²) in [5.74, 6) is 0.536. The predicted molar refractivity (Wildman–Crippen MR) is 67.1 cm³/mol. The fraction of sp³-hybridized carbons (Fsp3) is 0.500. The number of hydrogen-bond acceptors (Lipinski definition) is 2. The minimum atomic E-state index is 0.536. The van der Waals surface area contributed by atoms with Gasteiger partial charge in [-0.3, -0.25) is 0 Å². The first-order valence-electron chi connectivity index (χ1n) is 5.14. The lowest BCUT2D eigenvalue weighted by atomic mass is 10.0. The fourth-order valence-corrected chi connectivity index (χ4v) is 2.16. The molecule has 15 heavy (non-hydrogen) atoms. The van der Waals surface area contributed by atoms with Gasteiger partial charge in [0.1, 0.15) is 0 Å².